The van der Waals surface area contributed by atoms with Crippen LogP contribution in [0.1, 0.15) is 33.9 Å². The van der Waals surface area contributed by atoms with E-state index in [2.05, 4.69) is 4.98 Å². The first-order valence-corrected chi connectivity index (χ1v) is 10.3. The minimum absolute atomic E-state index is 0.0390. The lowest BCUT2D eigenvalue weighted by Crippen LogP contribution is -2.29. The molecule has 32 heavy (non-hydrogen) atoms. The van der Waals surface area contributed by atoms with Crippen LogP contribution in [-0.4, -0.2) is 28.9 Å². The fraction of sp³-hybridized carbons (Fsp3) is 0.192. The van der Waals surface area contributed by atoms with Crippen molar-refractivity contribution >= 4 is 23.1 Å². The van der Waals surface area contributed by atoms with E-state index in [4.69, 9.17) is 4.74 Å². The molecule has 0 aliphatic carbocycles. The number of carbonyl (C=O) groups excluding carboxylic acids is 2. The number of benzene rings is 2. The summed E-state index contributed by atoms with van der Waals surface area (Å²) in [6.07, 6.45) is 3.23. The molecule has 3 aromatic rings. The summed E-state index contributed by atoms with van der Waals surface area (Å²) in [5, 5.41) is 11.3. The Balaban J connectivity index is 1.97. The van der Waals surface area contributed by atoms with Crippen LogP contribution < -0.4 is 9.64 Å². The number of anilines is 1. The van der Waals surface area contributed by atoms with Crippen molar-refractivity contribution in [2.45, 2.75) is 26.8 Å². The number of aliphatic hydroxyl groups is 1. The van der Waals surface area contributed by atoms with Gasteiger partial charge in [0, 0.05) is 23.6 Å². The number of amides is 1. The van der Waals surface area contributed by atoms with Crippen LogP contribution in [-0.2, 0) is 9.59 Å². The van der Waals surface area contributed by atoms with Gasteiger partial charge >= 0.3 is 0 Å². The van der Waals surface area contributed by atoms with Crippen molar-refractivity contribution in [1.82, 2.24) is 4.98 Å². The number of hydrogen-bond donors (Lipinski definition) is 1. The molecule has 6 heteroatoms. The van der Waals surface area contributed by atoms with Crippen molar-refractivity contribution in [3.8, 4) is 5.75 Å². The number of Topliss-reactive ketones (excluding diaryl/α,β-unsaturated/α-hetero) is 1. The number of nitrogens with zero attached hydrogens (tertiary/aromatic N) is 2. The third-order valence-electron chi connectivity index (χ3n) is 5.72. The second-order valence-corrected chi connectivity index (χ2v) is 7.93. The predicted molar refractivity (Wildman–Crippen MR) is 123 cm³/mol. The molecule has 1 atom stereocenters. The standard InChI is InChI=1S/C26H24N2O4/c1-15-7-5-9-19(11-15)28-23(18-8-6-10-27-14-18)22(25(30)26(28)31)24(29)20-12-17(3)21(32-4)13-16(20)2/h5-14,23,29H,1-4H3/b24-22+. The molecule has 1 fully saturated rings. The van der Waals surface area contributed by atoms with Crippen LogP contribution in [0.2, 0.25) is 0 Å². The zero-order valence-corrected chi connectivity index (χ0v) is 18.4. The second kappa shape index (κ2) is 8.30. The molecule has 1 aliphatic heterocycles. The molecule has 1 unspecified atom stereocenters. The molecule has 0 saturated carbocycles. The number of aryl methyl sites for hydroxylation is 3. The van der Waals surface area contributed by atoms with Crippen LogP contribution in [0.3, 0.4) is 0 Å². The van der Waals surface area contributed by atoms with Gasteiger partial charge in [0.1, 0.15) is 11.5 Å². The van der Waals surface area contributed by atoms with Gasteiger partial charge in [-0.05, 0) is 73.4 Å². The molecule has 2 heterocycles. The van der Waals surface area contributed by atoms with Crippen molar-refractivity contribution in [2.75, 3.05) is 12.0 Å². The molecule has 2 aromatic carbocycles. The lowest BCUT2D eigenvalue weighted by molar-refractivity contribution is -0.132. The lowest BCUT2D eigenvalue weighted by Gasteiger charge is -2.25. The first kappa shape index (κ1) is 21.3. The molecule has 0 radical (unpaired) electrons. The van der Waals surface area contributed by atoms with E-state index >= 15 is 0 Å². The van der Waals surface area contributed by atoms with E-state index in [0.717, 1.165) is 16.7 Å². The lowest BCUT2D eigenvalue weighted by atomic mass is 9.93. The summed E-state index contributed by atoms with van der Waals surface area (Å²) in [6.45, 7) is 5.61. The number of ketones is 1. The third kappa shape index (κ3) is 3.54. The quantitative estimate of drug-likeness (QED) is 0.372. The average molecular weight is 428 g/mol. The number of carbonyl (C=O) groups is 2. The smallest absolute Gasteiger partial charge is 0.300 e. The fourth-order valence-corrected chi connectivity index (χ4v) is 4.14. The van der Waals surface area contributed by atoms with Gasteiger partial charge in [0.15, 0.2) is 0 Å². The number of aliphatic hydroxyl groups excluding tert-OH is 1. The molecule has 1 amide bonds. The normalized spacial score (nSPS) is 17.6. The molecule has 1 saturated heterocycles. The van der Waals surface area contributed by atoms with E-state index < -0.39 is 17.7 Å². The average Bonchev–Trinajstić information content (AvgIpc) is 3.05. The Hall–Kier alpha value is -3.93. The summed E-state index contributed by atoms with van der Waals surface area (Å²) in [5.74, 6) is -0.946. The van der Waals surface area contributed by atoms with Gasteiger partial charge in [-0.1, -0.05) is 18.2 Å². The highest BCUT2D eigenvalue weighted by Crippen LogP contribution is 2.42. The van der Waals surface area contributed by atoms with E-state index in [-0.39, 0.29) is 11.3 Å². The van der Waals surface area contributed by atoms with Crippen molar-refractivity contribution in [1.29, 1.82) is 0 Å². The largest absolute Gasteiger partial charge is 0.507 e. The van der Waals surface area contributed by atoms with Crippen LogP contribution >= 0.6 is 0 Å². The zero-order valence-electron chi connectivity index (χ0n) is 18.4. The van der Waals surface area contributed by atoms with Crippen LogP contribution in [0.25, 0.3) is 5.76 Å². The summed E-state index contributed by atoms with van der Waals surface area (Å²) in [7, 11) is 1.58. The van der Waals surface area contributed by atoms with Crippen LogP contribution in [0.5, 0.6) is 5.75 Å². The Morgan fingerprint density at radius 1 is 1.03 bits per heavy atom. The van der Waals surface area contributed by atoms with Gasteiger partial charge < -0.3 is 9.84 Å². The van der Waals surface area contributed by atoms with Crippen molar-refractivity contribution < 1.29 is 19.4 Å². The molecular formula is C26H24N2O4. The Kier molecular flexibility index (Phi) is 5.53. The minimum Gasteiger partial charge on any atom is -0.507 e. The van der Waals surface area contributed by atoms with Gasteiger partial charge in [0.2, 0.25) is 0 Å². The summed E-state index contributed by atoms with van der Waals surface area (Å²) in [6, 6.07) is 13.7. The highest BCUT2D eigenvalue weighted by molar-refractivity contribution is 6.51. The number of aromatic nitrogens is 1. The van der Waals surface area contributed by atoms with Crippen LogP contribution in [0, 0.1) is 20.8 Å². The monoisotopic (exact) mass is 428 g/mol. The zero-order chi connectivity index (χ0) is 23.0. The van der Waals surface area contributed by atoms with E-state index in [1.807, 2.05) is 39.0 Å². The van der Waals surface area contributed by atoms with Gasteiger partial charge in [-0.3, -0.25) is 19.5 Å². The minimum atomic E-state index is -0.799. The Morgan fingerprint density at radius 3 is 2.47 bits per heavy atom. The van der Waals surface area contributed by atoms with E-state index in [1.54, 1.807) is 49.8 Å². The first-order chi connectivity index (χ1) is 15.3. The fourth-order valence-electron chi connectivity index (χ4n) is 4.14. The molecule has 1 aliphatic rings. The Morgan fingerprint density at radius 2 is 1.81 bits per heavy atom. The van der Waals surface area contributed by atoms with E-state index in [9.17, 15) is 14.7 Å². The summed E-state index contributed by atoms with van der Waals surface area (Å²) >= 11 is 0. The number of rotatable bonds is 4. The van der Waals surface area contributed by atoms with E-state index in [0.29, 0.717) is 22.6 Å². The van der Waals surface area contributed by atoms with Gasteiger partial charge in [0.05, 0.1) is 18.7 Å². The topological polar surface area (TPSA) is 79.7 Å². The first-order valence-electron chi connectivity index (χ1n) is 10.3. The molecule has 0 bridgehead atoms. The number of ether oxygens (including phenoxy) is 1. The van der Waals surface area contributed by atoms with Gasteiger partial charge in [-0.2, -0.15) is 0 Å². The molecule has 4 rings (SSSR count). The van der Waals surface area contributed by atoms with Gasteiger partial charge in [-0.25, -0.2) is 0 Å². The molecular weight excluding hydrogens is 404 g/mol. The van der Waals surface area contributed by atoms with E-state index in [1.165, 1.54) is 4.90 Å². The van der Waals surface area contributed by atoms with Crippen molar-refractivity contribution in [3.63, 3.8) is 0 Å². The Labute approximate surface area is 186 Å². The maximum Gasteiger partial charge on any atom is 0.300 e. The maximum absolute atomic E-state index is 13.2. The highest BCUT2D eigenvalue weighted by Gasteiger charge is 2.47. The second-order valence-electron chi connectivity index (χ2n) is 7.93. The highest BCUT2D eigenvalue weighted by atomic mass is 16.5. The summed E-state index contributed by atoms with van der Waals surface area (Å²) in [4.78, 5) is 32.0. The molecule has 162 valence electrons. The van der Waals surface area contributed by atoms with Gasteiger partial charge in [0.25, 0.3) is 11.7 Å². The van der Waals surface area contributed by atoms with Crippen LogP contribution in [0.15, 0.2) is 66.5 Å². The number of methoxy groups -OCH3 is 1. The molecule has 1 N–H and O–H groups in total. The molecule has 1 aromatic heterocycles. The van der Waals surface area contributed by atoms with Gasteiger partial charge in [-0.15, -0.1) is 0 Å². The SMILES string of the molecule is COc1cc(C)c(/C(O)=C2\C(=O)C(=O)N(c3cccc(C)c3)C2c2cccnc2)cc1C. The summed E-state index contributed by atoms with van der Waals surface area (Å²) in [5.41, 5.74) is 4.25. The number of pyridine rings is 1. The van der Waals surface area contributed by atoms with Crippen LogP contribution in [0.4, 0.5) is 5.69 Å². The third-order valence-corrected chi connectivity index (χ3v) is 5.72. The predicted octanol–water partition coefficient (Wildman–Crippen LogP) is 4.64. The van der Waals surface area contributed by atoms with Crippen molar-refractivity contribution in [3.05, 3.63) is 94.3 Å². The number of hydrogen-bond acceptors (Lipinski definition) is 5. The maximum atomic E-state index is 13.2. The summed E-state index contributed by atoms with van der Waals surface area (Å²) < 4.78 is 5.37. The van der Waals surface area contributed by atoms with Crippen molar-refractivity contribution in [2.24, 2.45) is 0 Å². The molecule has 6 nitrogen and oxygen atoms in total. The Bertz CT molecular complexity index is 1250. The molecule has 0 spiro atoms.